The van der Waals surface area contributed by atoms with Crippen molar-refractivity contribution in [3.8, 4) is 22.3 Å². The van der Waals surface area contributed by atoms with Crippen LogP contribution in [0.2, 0.25) is 5.02 Å². The third kappa shape index (κ3) is 9.85. The second-order valence-corrected chi connectivity index (χ2v) is 16.3. The number of anilines is 6. The van der Waals surface area contributed by atoms with Crippen molar-refractivity contribution in [2.45, 2.75) is 38.9 Å². The summed E-state index contributed by atoms with van der Waals surface area (Å²) in [5, 5.41) is 0.752. The van der Waals surface area contributed by atoms with Gasteiger partial charge in [0.15, 0.2) is 0 Å². The molecule has 8 aromatic rings. The first kappa shape index (κ1) is 42.8. The van der Waals surface area contributed by atoms with E-state index < -0.39 is 0 Å². The van der Waals surface area contributed by atoms with Crippen LogP contribution in [0.5, 0.6) is 0 Å². The first-order valence-electron chi connectivity index (χ1n) is 20.4. The third-order valence-corrected chi connectivity index (χ3v) is 11.4. The minimum Gasteiger partial charge on any atom is -0.399 e. The molecule has 61 heavy (non-hydrogen) atoms. The summed E-state index contributed by atoms with van der Waals surface area (Å²) in [6, 6.07) is 75.4. The quantitative estimate of drug-likeness (QED) is 0.136. The average Bonchev–Trinajstić information content (AvgIpc) is 3.51. The highest BCUT2D eigenvalue weighted by atomic mass is 35.5. The first-order valence-corrected chi connectivity index (χ1v) is 20.8. The van der Waals surface area contributed by atoms with Crippen LogP contribution in [-0.2, 0) is 9.31 Å². The van der Waals surface area contributed by atoms with Crippen LogP contribution in [-0.4, -0.2) is 26.7 Å². The second-order valence-electron chi connectivity index (χ2n) is 15.8. The Labute approximate surface area is 368 Å². The van der Waals surface area contributed by atoms with E-state index in [0.29, 0.717) is 0 Å². The van der Waals surface area contributed by atoms with E-state index in [1.54, 1.807) is 0 Å². The second kappa shape index (κ2) is 19.0. The van der Waals surface area contributed by atoms with Gasteiger partial charge in [0.05, 0.1) is 11.2 Å². The molecular formula is C54H48B2ClN2O2. The number of rotatable bonds is 9. The van der Waals surface area contributed by atoms with Gasteiger partial charge in [-0.3, -0.25) is 0 Å². The van der Waals surface area contributed by atoms with Crippen molar-refractivity contribution in [1.82, 2.24) is 0 Å². The Morgan fingerprint density at radius 1 is 0.361 bits per heavy atom. The lowest BCUT2D eigenvalue weighted by molar-refractivity contribution is 0.00578. The Kier molecular flexibility index (Phi) is 13.3. The van der Waals surface area contributed by atoms with E-state index in [2.05, 4.69) is 213 Å². The molecule has 299 valence electrons. The summed E-state index contributed by atoms with van der Waals surface area (Å²) in [6.07, 6.45) is 0. The number of nitrogens with zero attached hydrogens (tertiary/aromatic N) is 2. The smallest absolute Gasteiger partial charge is 0.399 e. The van der Waals surface area contributed by atoms with Gasteiger partial charge in [0, 0.05) is 47.6 Å². The number of hydrogen-bond donors (Lipinski definition) is 0. The zero-order chi connectivity index (χ0) is 41.5. The lowest BCUT2D eigenvalue weighted by Crippen LogP contribution is -2.41. The van der Waals surface area contributed by atoms with Crippen LogP contribution in [0.1, 0.15) is 27.7 Å². The van der Waals surface area contributed by atoms with Crippen molar-refractivity contribution in [2.24, 2.45) is 0 Å². The van der Waals surface area contributed by atoms with Gasteiger partial charge in [-0.1, -0.05) is 145 Å². The fourth-order valence-corrected chi connectivity index (χ4v) is 7.51. The molecule has 0 N–H and O–H groups in total. The predicted octanol–water partition coefficient (Wildman–Crippen LogP) is 14.2. The summed E-state index contributed by atoms with van der Waals surface area (Å²) in [5.74, 6) is 0. The highest BCUT2D eigenvalue weighted by molar-refractivity contribution is 6.62. The van der Waals surface area contributed by atoms with E-state index in [-0.39, 0.29) is 26.7 Å². The molecule has 0 amide bonds. The van der Waals surface area contributed by atoms with Crippen LogP contribution in [0, 0.1) is 0 Å². The monoisotopic (exact) mass is 813 g/mol. The molecule has 0 aliphatic carbocycles. The van der Waals surface area contributed by atoms with Crippen molar-refractivity contribution >= 4 is 66.7 Å². The van der Waals surface area contributed by atoms with Crippen molar-refractivity contribution < 1.29 is 9.31 Å². The molecule has 3 radical (unpaired) electrons. The van der Waals surface area contributed by atoms with E-state index in [9.17, 15) is 0 Å². The fourth-order valence-electron chi connectivity index (χ4n) is 7.32. The van der Waals surface area contributed by atoms with Gasteiger partial charge >= 0.3 is 7.12 Å². The highest BCUT2D eigenvalue weighted by Crippen LogP contribution is 2.39. The molecule has 0 spiro atoms. The van der Waals surface area contributed by atoms with E-state index in [1.807, 2.05) is 42.5 Å². The molecule has 0 unspecified atom stereocenters. The Morgan fingerprint density at radius 2 is 0.689 bits per heavy atom. The number of halogens is 1. The first-order chi connectivity index (χ1) is 29.1. The maximum atomic E-state index is 6.26. The molecule has 7 heteroatoms. The normalized spacial score (nSPS) is 13.6. The highest BCUT2D eigenvalue weighted by Gasteiger charge is 2.51. The molecule has 9 rings (SSSR count). The maximum Gasteiger partial charge on any atom is 0.494 e. The summed E-state index contributed by atoms with van der Waals surface area (Å²) in [6.45, 7) is 8.34. The maximum absolute atomic E-state index is 6.26. The molecule has 1 aliphatic rings. The van der Waals surface area contributed by atoms with Crippen LogP contribution >= 0.6 is 11.6 Å². The fraction of sp³-hybridized carbons (Fsp3) is 0.111. The van der Waals surface area contributed by atoms with Crippen molar-refractivity contribution in [3.05, 3.63) is 223 Å². The third-order valence-electron chi connectivity index (χ3n) is 11.2. The van der Waals surface area contributed by atoms with Crippen molar-refractivity contribution in [1.29, 1.82) is 0 Å². The average molecular weight is 814 g/mol. The molecule has 8 aromatic carbocycles. The molecule has 4 nitrogen and oxygen atoms in total. The summed E-state index contributed by atoms with van der Waals surface area (Å²) >= 11 is 6.13. The Balaban J connectivity index is 0.000000187. The summed E-state index contributed by atoms with van der Waals surface area (Å²) in [4.78, 5) is 4.52. The van der Waals surface area contributed by atoms with Crippen LogP contribution in [0.4, 0.5) is 34.1 Å². The standard InChI is InChI=1S/C30H30BNO2.C24H18ClN.B/c1-29(2)30(3,4)34-31(33-29)25-13-11-12-24(22-25)23-18-20-28(21-19-23)32(26-14-7-5-8-15-26)27-16-9-6-10-17-27;25-21-9-7-8-20(18-21)19-14-16-24(17-15-19)26(22-10-3-1-4-11-22)23-12-5-2-6-13-23;/h5-22H,1-4H3;1-18H;. The SMILES string of the molecule is CC1(C)OB(c2cccc(-c3ccc(N(c4ccccc4)c4ccccc4)cc3)c2)OC1(C)C.Clc1cccc(-c2ccc(N(c3ccccc3)c3ccccc3)cc2)c1.[B]. The van der Waals surface area contributed by atoms with Crippen LogP contribution in [0.3, 0.4) is 0 Å². The molecule has 0 bridgehead atoms. The van der Waals surface area contributed by atoms with Gasteiger partial charge in [0.2, 0.25) is 0 Å². The van der Waals surface area contributed by atoms with Crippen LogP contribution < -0.4 is 15.3 Å². The minimum absolute atomic E-state index is 0. The van der Waals surface area contributed by atoms with Crippen LogP contribution in [0.15, 0.2) is 218 Å². The lowest BCUT2D eigenvalue weighted by Gasteiger charge is -2.32. The predicted molar refractivity (Wildman–Crippen MR) is 260 cm³/mol. The van der Waals surface area contributed by atoms with Gasteiger partial charge in [-0.15, -0.1) is 0 Å². The molecule has 1 heterocycles. The van der Waals surface area contributed by atoms with Crippen molar-refractivity contribution in [3.63, 3.8) is 0 Å². The van der Waals surface area contributed by atoms with Gasteiger partial charge in [0.1, 0.15) is 0 Å². The van der Waals surface area contributed by atoms with Gasteiger partial charge in [-0.2, -0.15) is 0 Å². The molecule has 1 fully saturated rings. The number of benzene rings is 8. The van der Waals surface area contributed by atoms with Crippen LogP contribution in [0.25, 0.3) is 22.3 Å². The Morgan fingerprint density at radius 3 is 1.05 bits per heavy atom. The van der Waals surface area contributed by atoms with Gasteiger partial charge in [-0.25, -0.2) is 0 Å². The number of hydrogen-bond acceptors (Lipinski definition) is 4. The zero-order valence-corrected chi connectivity index (χ0v) is 35.8. The van der Waals surface area contributed by atoms with Gasteiger partial charge in [0.25, 0.3) is 0 Å². The molecular weight excluding hydrogens is 766 g/mol. The summed E-state index contributed by atoms with van der Waals surface area (Å²) in [7, 11) is -0.365. The van der Waals surface area contributed by atoms with Gasteiger partial charge < -0.3 is 19.1 Å². The minimum atomic E-state index is -0.365. The molecule has 0 saturated carbocycles. The Bertz CT molecular complexity index is 2520. The molecule has 0 atom stereocenters. The lowest BCUT2D eigenvalue weighted by atomic mass is 9.78. The van der Waals surface area contributed by atoms with E-state index >= 15 is 0 Å². The summed E-state index contributed by atoms with van der Waals surface area (Å²) < 4.78 is 12.5. The zero-order valence-electron chi connectivity index (χ0n) is 35.0. The van der Waals surface area contributed by atoms with E-state index in [1.165, 1.54) is 0 Å². The molecule has 1 aliphatic heterocycles. The molecule has 1 saturated heterocycles. The molecule has 0 aromatic heterocycles. The largest absolute Gasteiger partial charge is 0.494 e. The number of para-hydroxylation sites is 4. The Hall–Kier alpha value is -6.30. The van der Waals surface area contributed by atoms with Gasteiger partial charge in [-0.05, 0) is 140 Å². The topological polar surface area (TPSA) is 24.9 Å². The summed E-state index contributed by atoms with van der Waals surface area (Å²) in [5.41, 5.74) is 11.7. The van der Waals surface area contributed by atoms with Crippen molar-refractivity contribution in [2.75, 3.05) is 9.80 Å². The van der Waals surface area contributed by atoms with E-state index in [0.717, 1.165) is 66.9 Å². The van der Waals surface area contributed by atoms with E-state index in [4.69, 9.17) is 20.9 Å².